The summed E-state index contributed by atoms with van der Waals surface area (Å²) < 4.78 is 28.8. The molecule has 0 spiro atoms. The second-order valence-electron chi connectivity index (χ2n) is 8.98. The van der Waals surface area contributed by atoms with Crippen molar-refractivity contribution in [1.82, 2.24) is 4.31 Å². The minimum absolute atomic E-state index is 0.0512. The maximum Gasteiger partial charge on any atom is 0.244 e. The molecule has 0 aliphatic carbocycles. The normalized spacial score (nSPS) is 11.6. The van der Waals surface area contributed by atoms with E-state index in [1.807, 2.05) is 43.3 Å². The van der Waals surface area contributed by atoms with Crippen molar-refractivity contribution >= 4 is 33.2 Å². The molecule has 0 aromatic heterocycles. The third-order valence-electron chi connectivity index (χ3n) is 5.85. The van der Waals surface area contributed by atoms with Gasteiger partial charge in [-0.15, -0.1) is 0 Å². The Morgan fingerprint density at radius 3 is 2.06 bits per heavy atom. The second kappa shape index (κ2) is 11.8. The van der Waals surface area contributed by atoms with Gasteiger partial charge in [-0.3, -0.25) is 4.79 Å². The van der Waals surface area contributed by atoms with Gasteiger partial charge in [-0.1, -0.05) is 66.9 Å². The molecule has 0 heterocycles. The molecule has 0 atom stereocenters. The first-order chi connectivity index (χ1) is 16.6. The molecule has 0 bridgehead atoms. The number of unbranched alkanes of at least 4 members (excludes halogenated alkanes) is 1. The average Bonchev–Trinajstić information content (AvgIpc) is 2.78. The standard InChI is InChI=1S/C28H33ClN2O3S/c1-5-6-7-23-10-14-26(15-11-23)30-27(32)19-31(18-24-8-12-25(29)13-9-24)35(33,34)28-21(3)16-20(2)17-22(28)4/h8-17H,5-7,18-19H2,1-4H3,(H,30,32). The zero-order valence-corrected chi connectivity index (χ0v) is 22.3. The van der Waals surface area contributed by atoms with E-state index in [0.717, 1.165) is 30.4 Å². The number of benzene rings is 3. The maximum absolute atomic E-state index is 13.8. The van der Waals surface area contributed by atoms with Crippen LogP contribution in [0.5, 0.6) is 0 Å². The zero-order valence-electron chi connectivity index (χ0n) is 20.8. The van der Waals surface area contributed by atoms with Crippen molar-refractivity contribution in [2.45, 2.75) is 58.4 Å². The van der Waals surface area contributed by atoms with Crippen LogP contribution in [0.15, 0.2) is 65.6 Å². The molecule has 3 rings (SSSR count). The molecular weight excluding hydrogens is 480 g/mol. The molecule has 0 radical (unpaired) electrons. The summed E-state index contributed by atoms with van der Waals surface area (Å²) in [6.07, 6.45) is 3.23. The summed E-state index contributed by atoms with van der Waals surface area (Å²) in [5.41, 5.74) is 4.90. The summed E-state index contributed by atoms with van der Waals surface area (Å²) in [5.74, 6) is -0.397. The Morgan fingerprint density at radius 2 is 1.49 bits per heavy atom. The molecule has 0 fully saturated rings. The molecule has 0 saturated carbocycles. The first kappa shape index (κ1) is 26.9. The number of aryl methyl sites for hydroxylation is 4. The molecule has 5 nitrogen and oxygen atoms in total. The van der Waals surface area contributed by atoms with Crippen molar-refractivity contribution in [3.63, 3.8) is 0 Å². The molecule has 3 aromatic rings. The molecular formula is C28H33ClN2O3S. The number of nitrogens with one attached hydrogen (secondary N) is 1. The largest absolute Gasteiger partial charge is 0.325 e. The summed E-state index contributed by atoms with van der Waals surface area (Å²) >= 11 is 6.01. The Morgan fingerprint density at radius 1 is 0.914 bits per heavy atom. The van der Waals surface area contributed by atoms with Crippen LogP contribution in [0.1, 0.15) is 47.6 Å². The lowest BCUT2D eigenvalue weighted by atomic mass is 10.1. The molecule has 0 saturated heterocycles. The van der Waals surface area contributed by atoms with E-state index in [1.54, 1.807) is 38.1 Å². The number of hydrogen-bond acceptors (Lipinski definition) is 3. The molecule has 0 aliphatic heterocycles. The van der Waals surface area contributed by atoms with Gasteiger partial charge in [0.1, 0.15) is 0 Å². The van der Waals surface area contributed by atoms with Gasteiger partial charge in [0.2, 0.25) is 15.9 Å². The fourth-order valence-corrected chi connectivity index (χ4v) is 6.14. The van der Waals surface area contributed by atoms with Gasteiger partial charge in [-0.2, -0.15) is 4.31 Å². The lowest BCUT2D eigenvalue weighted by molar-refractivity contribution is -0.116. The van der Waals surface area contributed by atoms with E-state index in [2.05, 4.69) is 12.2 Å². The topological polar surface area (TPSA) is 66.5 Å². The quantitative estimate of drug-likeness (QED) is 0.340. The van der Waals surface area contributed by atoms with Crippen LogP contribution in [0.4, 0.5) is 5.69 Å². The molecule has 0 aliphatic rings. The van der Waals surface area contributed by atoms with Crippen LogP contribution in [0.3, 0.4) is 0 Å². The van der Waals surface area contributed by atoms with E-state index in [0.29, 0.717) is 21.8 Å². The molecule has 186 valence electrons. The fourth-order valence-electron chi connectivity index (χ4n) is 4.22. The lowest BCUT2D eigenvalue weighted by Gasteiger charge is -2.24. The van der Waals surface area contributed by atoms with Gasteiger partial charge in [-0.05, 0) is 80.1 Å². The minimum Gasteiger partial charge on any atom is -0.325 e. The number of nitrogens with zero attached hydrogens (tertiary/aromatic N) is 1. The predicted molar refractivity (Wildman–Crippen MR) is 143 cm³/mol. The van der Waals surface area contributed by atoms with Crippen molar-refractivity contribution in [3.8, 4) is 0 Å². The van der Waals surface area contributed by atoms with Crippen molar-refractivity contribution in [1.29, 1.82) is 0 Å². The highest BCUT2D eigenvalue weighted by molar-refractivity contribution is 7.89. The van der Waals surface area contributed by atoms with Crippen LogP contribution >= 0.6 is 11.6 Å². The van der Waals surface area contributed by atoms with Crippen molar-refractivity contribution in [3.05, 3.63) is 93.5 Å². The highest BCUT2D eigenvalue weighted by atomic mass is 35.5. The molecule has 1 amide bonds. The fraction of sp³-hybridized carbons (Fsp3) is 0.321. The molecule has 3 aromatic carbocycles. The number of hydrogen-bond donors (Lipinski definition) is 1. The highest BCUT2D eigenvalue weighted by Crippen LogP contribution is 2.27. The summed E-state index contributed by atoms with van der Waals surface area (Å²) in [5, 5.41) is 3.41. The maximum atomic E-state index is 13.8. The molecule has 35 heavy (non-hydrogen) atoms. The second-order valence-corrected chi connectivity index (χ2v) is 11.3. The number of rotatable bonds is 10. The Hall–Kier alpha value is -2.67. The zero-order chi connectivity index (χ0) is 25.6. The van der Waals surface area contributed by atoms with Crippen LogP contribution in [0, 0.1) is 20.8 Å². The molecule has 7 heteroatoms. The Bertz CT molecular complexity index is 1250. The lowest BCUT2D eigenvalue weighted by Crippen LogP contribution is -2.38. The minimum atomic E-state index is -3.95. The van der Waals surface area contributed by atoms with E-state index in [-0.39, 0.29) is 18.0 Å². The van der Waals surface area contributed by atoms with Gasteiger partial charge >= 0.3 is 0 Å². The van der Waals surface area contributed by atoms with Crippen molar-refractivity contribution < 1.29 is 13.2 Å². The first-order valence-electron chi connectivity index (χ1n) is 11.8. The Kier molecular flexibility index (Phi) is 9.11. The van der Waals surface area contributed by atoms with Gasteiger partial charge in [0.05, 0.1) is 11.4 Å². The van der Waals surface area contributed by atoms with Gasteiger partial charge in [0, 0.05) is 17.3 Å². The third-order valence-corrected chi connectivity index (χ3v) is 8.20. The number of carbonyl (C=O) groups is 1. The summed E-state index contributed by atoms with van der Waals surface area (Å²) in [7, 11) is -3.95. The number of carbonyl (C=O) groups excluding carboxylic acids is 1. The van der Waals surface area contributed by atoms with Crippen LogP contribution in [0.2, 0.25) is 5.02 Å². The van der Waals surface area contributed by atoms with E-state index in [9.17, 15) is 13.2 Å². The summed E-state index contributed by atoms with van der Waals surface area (Å²) in [4.78, 5) is 13.2. The Balaban J connectivity index is 1.87. The molecule has 1 N–H and O–H groups in total. The highest BCUT2D eigenvalue weighted by Gasteiger charge is 2.30. The number of anilines is 1. The monoisotopic (exact) mass is 512 g/mol. The SMILES string of the molecule is CCCCc1ccc(NC(=O)CN(Cc2ccc(Cl)cc2)S(=O)(=O)c2c(C)cc(C)cc2C)cc1. The first-order valence-corrected chi connectivity index (χ1v) is 13.6. The van der Waals surface area contributed by atoms with E-state index in [4.69, 9.17) is 11.6 Å². The van der Waals surface area contributed by atoms with E-state index in [1.165, 1.54) is 9.87 Å². The summed E-state index contributed by atoms with van der Waals surface area (Å²) in [6, 6.07) is 18.4. The van der Waals surface area contributed by atoms with Crippen LogP contribution in [-0.4, -0.2) is 25.2 Å². The summed E-state index contributed by atoms with van der Waals surface area (Å²) in [6.45, 7) is 7.40. The van der Waals surface area contributed by atoms with Gasteiger partial charge < -0.3 is 5.32 Å². The molecule has 0 unspecified atom stereocenters. The van der Waals surface area contributed by atoms with Crippen molar-refractivity contribution in [2.75, 3.05) is 11.9 Å². The third kappa shape index (κ3) is 7.17. The van der Waals surface area contributed by atoms with Gasteiger partial charge in [0.25, 0.3) is 0 Å². The van der Waals surface area contributed by atoms with Gasteiger partial charge in [-0.25, -0.2) is 8.42 Å². The number of sulfonamides is 1. The average molecular weight is 513 g/mol. The number of amides is 1. The van der Waals surface area contributed by atoms with Crippen LogP contribution < -0.4 is 5.32 Å². The Labute approximate surface area is 214 Å². The van der Waals surface area contributed by atoms with E-state index < -0.39 is 15.9 Å². The van der Waals surface area contributed by atoms with Gasteiger partial charge in [0.15, 0.2) is 0 Å². The number of halogens is 1. The van der Waals surface area contributed by atoms with Crippen LogP contribution in [0.25, 0.3) is 0 Å². The van der Waals surface area contributed by atoms with Crippen LogP contribution in [-0.2, 0) is 27.8 Å². The van der Waals surface area contributed by atoms with E-state index >= 15 is 0 Å². The smallest absolute Gasteiger partial charge is 0.244 e. The van der Waals surface area contributed by atoms with Crippen molar-refractivity contribution in [2.24, 2.45) is 0 Å². The predicted octanol–water partition coefficient (Wildman–Crippen LogP) is 6.44.